The molecule has 0 saturated heterocycles. The molecular formula is C11H11FO2. The van der Waals surface area contributed by atoms with Gasteiger partial charge >= 0.3 is 0 Å². The maximum atomic E-state index is 13.0. The molecule has 1 saturated carbocycles. The summed E-state index contributed by atoms with van der Waals surface area (Å²) in [5.74, 6) is 0.268. The molecule has 0 bridgehead atoms. The number of halogens is 1. The fourth-order valence-electron chi connectivity index (χ4n) is 1.65. The summed E-state index contributed by atoms with van der Waals surface area (Å²) in [6, 6.07) is 4.29. The first-order valence-corrected chi connectivity index (χ1v) is 4.52. The van der Waals surface area contributed by atoms with Gasteiger partial charge in [0, 0.05) is 5.56 Å². The zero-order chi connectivity index (χ0) is 10.2. The van der Waals surface area contributed by atoms with Crippen LogP contribution in [0.15, 0.2) is 18.2 Å². The number of hydrogen-bond donors (Lipinski definition) is 0. The number of rotatable bonds is 3. The largest absolute Gasteiger partial charge is 0.496 e. The number of carbonyl (C=O) groups is 1. The van der Waals surface area contributed by atoms with Crippen molar-refractivity contribution in [2.75, 3.05) is 7.11 Å². The van der Waals surface area contributed by atoms with Crippen LogP contribution in [0.5, 0.6) is 5.75 Å². The lowest BCUT2D eigenvalue weighted by Crippen LogP contribution is -2.10. The van der Waals surface area contributed by atoms with Gasteiger partial charge in [-0.2, -0.15) is 0 Å². The van der Waals surface area contributed by atoms with Crippen molar-refractivity contribution in [2.24, 2.45) is 0 Å². The molecule has 0 unspecified atom stereocenters. The van der Waals surface area contributed by atoms with E-state index in [1.165, 1.54) is 19.2 Å². The van der Waals surface area contributed by atoms with Crippen molar-refractivity contribution < 1.29 is 13.9 Å². The highest BCUT2D eigenvalue weighted by atomic mass is 19.1. The van der Waals surface area contributed by atoms with Gasteiger partial charge in [0.2, 0.25) is 0 Å². The Bertz CT molecular complexity index is 370. The maximum Gasteiger partial charge on any atom is 0.130 e. The number of benzene rings is 1. The predicted molar refractivity (Wildman–Crippen MR) is 49.9 cm³/mol. The van der Waals surface area contributed by atoms with Crippen LogP contribution in [0.25, 0.3) is 0 Å². The summed E-state index contributed by atoms with van der Waals surface area (Å²) in [5, 5.41) is 0. The molecule has 14 heavy (non-hydrogen) atoms. The summed E-state index contributed by atoms with van der Waals surface area (Å²) in [6.07, 6.45) is 2.47. The fourth-order valence-corrected chi connectivity index (χ4v) is 1.65. The summed E-state index contributed by atoms with van der Waals surface area (Å²) in [4.78, 5) is 10.9. The molecule has 0 aliphatic heterocycles. The Morgan fingerprint density at radius 3 is 2.71 bits per heavy atom. The van der Waals surface area contributed by atoms with Crippen LogP contribution < -0.4 is 4.74 Å². The first kappa shape index (κ1) is 9.19. The van der Waals surface area contributed by atoms with Crippen LogP contribution in [0, 0.1) is 5.82 Å². The van der Waals surface area contributed by atoms with E-state index in [2.05, 4.69) is 0 Å². The average molecular weight is 194 g/mol. The van der Waals surface area contributed by atoms with E-state index in [0.717, 1.165) is 19.1 Å². The molecule has 2 nitrogen and oxygen atoms in total. The van der Waals surface area contributed by atoms with Crippen LogP contribution in [0.3, 0.4) is 0 Å². The Balaban J connectivity index is 2.49. The number of aldehydes is 1. The second kappa shape index (κ2) is 3.08. The highest BCUT2D eigenvalue weighted by Crippen LogP contribution is 2.49. The van der Waals surface area contributed by atoms with Crippen LogP contribution in [0.1, 0.15) is 18.4 Å². The summed E-state index contributed by atoms with van der Waals surface area (Å²) in [5.41, 5.74) is 0.197. The molecule has 1 aliphatic rings. The minimum Gasteiger partial charge on any atom is -0.496 e. The molecule has 0 aromatic heterocycles. The van der Waals surface area contributed by atoms with Crippen molar-refractivity contribution in [1.29, 1.82) is 0 Å². The molecule has 2 rings (SSSR count). The third-order valence-corrected chi connectivity index (χ3v) is 2.71. The van der Waals surface area contributed by atoms with Gasteiger partial charge in [0.05, 0.1) is 12.5 Å². The van der Waals surface area contributed by atoms with E-state index < -0.39 is 5.41 Å². The molecule has 0 spiro atoms. The second-order valence-corrected chi connectivity index (χ2v) is 3.62. The van der Waals surface area contributed by atoms with Crippen LogP contribution in [0.2, 0.25) is 0 Å². The van der Waals surface area contributed by atoms with Gasteiger partial charge in [-0.15, -0.1) is 0 Å². The van der Waals surface area contributed by atoms with Gasteiger partial charge in [0.1, 0.15) is 17.9 Å². The zero-order valence-corrected chi connectivity index (χ0v) is 7.92. The SMILES string of the molecule is COc1ccc(F)cc1C1(C=O)CC1. The lowest BCUT2D eigenvalue weighted by Gasteiger charge is -2.12. The Hall–Kier alpha value is -1.38. The fraction of sp³-hybridized carbons (Fsp3) is 0.364. The maximum absolute atomic E-state index is 13.0. The van der Waals surface area contributed by atoms with Crippen molar-refractivity contribution >= 4 is 6.29 Å². The minimum atomic E-state index is -0.479. The average Bonchev–Trinajstić information content (AvgIpc) is 2.98. The Labute approximate surface area is 81.7 Å². The number of methoxy groups -OCH3 is 1. The molecule has 1 aliphatic carbocycles. The first-order valence-electron chi connectivity index (χ1n) is 4.52. The summed E-state index contributed by atoms with van der Waals surface area (Å²) < 4.78 is 18.1. The summed E-state index contributed by atoms with van der Waals surface area (Å²) in [7, 11) is 1.53. The van der Waals surface area contributed by atoms with Gasteiger partial charge in [-0.05, 0) is 31.0 Å². The second-order valence-electron chi connectivity index (χ2n) is 3.62. The molecule has 1 aromatic rings. The summed E-state index contributed by atoms with van der Waals surface area (Å²) >= 11 is 0. The van der Waals surface area contributed by atoms with Crippen molar-refractivity contribution in [1.82, 2.24) is 0 Å². The monoisotopic (exact) mass is 194 g/mol. The first-order chi connectivity index (χ1) is 6.72. The lowest BCUT2D eigenvalue weighted by molar-refractivity contribution is -0.109. The van der Waals surface area contributed by atoms with Gasteiger partial charge < -0.3 is 9.53 Å². The number of hydrogen-bond acceptors (Lipinski definition) is 2. The van der Waals surface area contributed by atoms with E-state index in [9.17, 15) is 9.18 Å². The highest BCUT2D eigenvalue weighted by molar-refractivity contribution is 5.74. The number of carbonyl (C=O) groups excluding carboxylic acids is 1. The van der Waals surface area contributed by atoms with E-state index in [-0.39, 0.29) is 5.82 Å². The van der Waals surface area contributed by atoms with Crippen LogP contribution in [-0.2, 0) is 10.2 Å². The Morgan fingerprint density at radius 1 is 1.50 bits per heavy atom. The quantitative estimate of drug-likeness (QED) is 0.688. The molecule has 0 radical (unpaired) electrons. The van der Waals surface area contributed by atoms with Crippen LogP contribution in [-0.4, -0.2) is 13.4 Å². The van der Waals surface area contributed by atoms with E-state index in [0.29, 0.717) is 11.3 Å². The van der Waals surface area contributed by atoms with Crippen molar-refractivity contribution in [3.63, 3.8) is 0 Å². The van der Waals surface area contributed by atoms with Crippen LogP contribution >= 0.6 is 0 Å². The van der Waals surface area contributed by atoms with E-state index in [1.54, 1.807) is 6.07 Å². The van der Waals surface area contributed by atoms with Crippen molar-refractivity contribution in [3.05, 3.63) is 29.6 Å². The smallest absolute Gasteiger partial charge is 0.130 e. The minimum absolute atomic E-state index is 0.325. The highest BCUT2D eigenvalue weighted by Gasteiger charge is 2.46. The predicted octanol–water partition coefficient (Wildman–Crippen LogP) is 2.06. The molecule has 3 heteroatoms. The van der Waals surface area contributed by atoms with Crippen molar-refractivity contribution in [2.45, 2.75) is 18.3 Å². The molecule has 1 fully saturated rings. The van der Waals surface area contributed by atoms with Gasteiger partial charge in [-0.3, -0.25) is 0 Å². The third kappa shape index (κ3) is 1.29. The molecule has 1 aromatic carbocycles. The molecule has 0 heterocycles. The molecule has 0 N–H and O–H groups in total. The molecule has 74 valence electrons. The summed E-state index contributed by atoms with van der Waals surface area (Å²) in [6.45, 7) is 0. The molecule has 0 amide bonds. The standard InChI is InChI=1S/C11H11FO2/c1-14-10-3-2-8(12)6-9(10)11(7-13)4-5-11/h2-3,6-7H,4-5H2,1H3. The van der Waals surface area contributed by atoms with Gasteiger partial charge in [0.25, 0.3) is 0 Å². The van der Waals surface area contributed by atoms with E-state index in [1.807, 2.05) is 0 Å². The Morgan fingerprint density at radius 2 is 2.21 bits per heavy atom. The molecule has 0 atom stereocenters. The van der Waals surface area contributed by atoms with E-state index >= 15 is 0 Å². The van der Waals surface area contributed by atoms with Gasteiger partial charge in [-0.1, -0.05) is 0 Å². The Kier molecular flexibility index (Phi) is 2.02. The topological polar surface area (TPSA) is 26.3 Å². The number of ether oxygens (including phenoxy) is 1. The van der Waals surface area contributed by atoms with Gasteiger partial charge in [0.15, 0.2) is 0 Å². The van der Waals surface area contributed by atoms with E-state index in [4.69, 9.17) is 4.74 Å². The lowest BCUT2D eigenvalue weighted by atomic mass is 9.96. The normalized spacial score (nSPS) is 17.6. The van der Waals surface area contributed by atoms with Crippen LogP contribution in [0.4, 0.5) is 4.39 Å². The van der Waals surface area contributed by atoms with Crippen molar-refractivity contribution in [3.8, 4) is 5.75 Å². The van der Waals surface area contributed by atoms with Gasteiger partial charge in [-0.25, -0.2) is 4.39 Å². The third-order valence-electron chi connectivity index (χ3n) is 2.71. The molecular weight excluding hydrogens is 183 g/mol. The zero-order valence-electron chi connectivity index (χ0n) is 7.92.